The van der Waals surface area contributed by atoms with Crippen molar-refractivity contribution in [3.63, 3.8) is 0 Å². The first-order chi connectivity index (χ1) is 7.92. The second kappa shape index (κ2) is 6.47. The summed E-state index contributed by atoms with van der Waals surface area (Å²) in [5.74, 6) is 0.209. The minimum Gasteiger partial charge on any atom is -0.315 e. The third-order valence-electron chi connectivity index (χ3n) is 2.51. The number of aromatic nitrogens is 1. The van der Waals surface area contributed by atoms with Crippen LogP contribution in [0, 0.1) is 6.92 Å². The molecule has 1 N–H and O–H groups in total. The van der Waals surface area contributed by atoms with Gasteiger partial charge in [-0.3, -0.25) is 0 Å². The quantitative estimate of drug-likeness (QED) is 0.765. The maximum absolute atomic E-state index is 11.5. The second-order valence-corrected chi connectivity index (χ2v) is 8.01. The van der Waals surface area contributed by atoms with Crippen molar-refractivity contribution in [1.29, 1.82) is 0 Å². The van der Waals surface area contributed by atoms with Gasteiger partial charge in [-0.2, -0.15) is 0 Å². The third-order valence-corrected chi connectivity index (χ3v) is 5.54. The zero-order chi connectivity index (χ0) is 12.9. The molecule has 0 fully saturated rings. The molecule has 0 spiro atoms. The fourth-order valence-electron chi connectivity index (χ4n) is 1.31. The van der Waals surface area contributed by atoms with E-state index in [9.17, 15) is 8.42 Å². The molecular formula is C11H20N2O2S2. The van der Waals surface area contributed by atoms with Gasteiger partial charge in [0, 0.05) is 24.9 Å². The standard InChI is InChI=1S/C11H20N2O2S2/c1-9(2)17(14,15)7-6-12-5-4-11-8-16-10(3)13-11/h8-9,12H,4-7H2,1-3H3. The Morgan fingerprint density at radius 2 is 2.12 bits per heavy atom. The summed E-state index contributed by atoms with van der Waals surface area (Å²) in [7, 11) is -2.92. The minimum absolute atomic E-state index is 0.209. The van der Waals surface area contributed by atoms with E-state index in [1.54, 1.807) is 25.2 Å². The molecule has 17 heavy (non-hydrogen) atoms. The lowest BCUT2D eigenvalue weighted by molar-refractivity contribution is 0.582. The number of thiazole rings is 1. The Morgan fingerprint density at radius 1 is 1.41 bits per heavy atom. The number of hydrogen-bond acceptors (Lipinski definition) is 5. The lowest BCUT2D eigenvalue weighted by atomic mass is 10.3. The van der Waals surface area contributed by atoms with Crippen LogP contribution in [-0.2, 0) is 16.3 Å². The molecule has 0 aliphatic rings. The smallest absolute Gasteiger partial charge is 0.153 e. The highest BCUT2D eigenvalue weighted by molar-refractivity contribution is 7.92. The van der Waals surface area contributed by atoms with Gasteiger partial charge in [0.15, 0.2) is 9.84 Å². The Hall–Kier alpha value is -0.460. The molecular weight excluding hydrogens is 256 g/mol. The third kappa shape index (κ3) is 5.14. The minimum atomic E-state index is -2.92. The van der Waals surface area contributed by atoms with Gasteiger partial charge in [-0.15, -0.1) is 11.3 Å². The number of sulfone groups is 1. The molecule has 0 amide bonds. The molecule has 0 atom stereocenters. The predicted molar refractivity (Wildman–Crippen MR) is 72.3 cm³/mol. The van der Waals surface area contributed by atoms with Crippen molar-refractivity contribution >= 4 is 21.2 Å². The van der Waals surface area contributed by atoms with E-state index in [-0.39, 0.29) is 11.0 Å². The van der Waals surface area contributed by atoms with E-state index >= 15 is 0 Å². The molecule has 0 aliphatic carbocycles. The molecule has 0 saturated carbocycles. The fourth-order valence-corrected chi connectivity index (χ4v) is 2.86. The van der Waals surface area contributed by atoms with Gasteiger partial charge in [-0.1, -0.05) is 0 Å². The van der Waals surface area contributed by atoms with E-state index in [0.717, 1.165) is 23.7 Å². The van der Waals surface area contributed by atoms with Crippen molar-refractivity contribution in [1.82, 2.24) is 10.3 Å². The van der Waals surface area contributed by atoms with Crippen LogP contribution in [-0.4, -0.2) is 37.5 Å². The van der Waals surface area contributed by atoms with E-state index in [4.69, 9.17) is 0 Å². The summed E-state index contributed by atoms with van der Waals surface area (Å²) >= 11 is 1.64. The summed E-state index contributed by atoms with van der Waals surface area (Å²) < 4.78 is 23.0. The van der Waals surface area contributed by atoms with E-state index < -0.39 is 9.84 Å². The van der Waals surface area contributed by atoms with E-state index in [0.29, 0.717) is 6.54 Å². The Morgan fingerprint density at radius 3 is 2.65 bits per heavy atom. The van der Waals surface area contributed by atoms with Crippen LogP contribution in [0.2, 0.25) is 0 Å². The topological polar surface area (TPSA) is 59.1 Å². The zero-order valence-electron chi connectivity index (χ0n) is 10.6. The van der Waals surface area contributed by atoms with Gasteiger partial charge in [-0.05, 0) is 20.8 Å². The Bertz CT molecular complexity index is 438. The number of nitrogens with one attached hydrogen (secondary N) is 1. The molecule has 1 aromatic heterocycles. The molecule has 0 bridgehead atoms. The molecule has 0 aromatic carbocycles. The maximum Gasteiger partial charge on any atom is 0.153 e. The average molecular weight is 276 g/mol. The van der Waals surface area contributed by atoms with Gasteiger partial charge in [0.25, 0.3) is 0 Å². The van der Waals surface area contributed by atoms with Crippen LogP contribution in [0.3, 0.4) is 0 Å². The van der Waals surface area contributed by atoms with Crippen molar-refractivity contribution in [2.45, 2.75) is 32.4 Å². The van der Waals surface area contributed by atoms with Crippen LogP contribution in [0.1, 0.15) is 24.5 Å². The fraction of sp³-hybridized carbons (Fsp3) is 0.727. The van der Waals surface area contributed by atoms with E-state index in [2.05, 4.69) is 10.3 Å². The highest BCUT2D eigenvalue weighted by Crippen LogP contribution is 2.07. The van der Waals surface area contributed by atoms with Gasteiger partial charge < -0.3 is 5.32 Å². The average Bonchev–Trinajstić information content (AvgIpc) is 2.63. The van der Waals surface area contributed by atoms with E-state index in [1.807, 2.05) is 12.3 Å². The Kier molecular flexibility index (Phi) is 5.55. The largest absolute Gasteiger partial charge is 0.315 e. The summed E-state index contributed by atoms with van der Waals surface area (Å²) in [6, 6.07) is 0. The Balaban J connectivity index is 2.17. The van der Waals surface area contributed by atoms with Crippen molar-refractivity contribution in [3.05, 3.63) is 16.1 Å². The molecule has 0 unspecified atom stereocenters. The van der Waals surface area contributed by atoms with Crippen molar-refractivity contribution < 1.29 is 8.42 Å². The van der Waals surface area contributed by atoms with Crippen molar-refractivity contribution in [2.75, 3.05) is 18.8 Å². The first-order valence-corrected chi connectivity index (χ1v) is 8.34. The molecule has 4 nitrogen and oxygen atoms in total. The maximum atomic E-state index is 11.5. The van der Waals surface area contributed by atoms with E-state index in [1.165, 1.54) is 0 Å². The van der Waals surface area contributed by atoms with Crippen LogP contribution in [0.5, 0.6) is 0 Å². The van der Waals surface area contributed by atoms with Crippen molar-refractivity contribution in [2.24, 2.45) is 0 Å². The Labute approximate surface area is 107 Å². The van der Waals surface area contributed by atoms with Crippen LogP contribution >= 0.6 is 11.3 Å². The highest BCUT2D eigenvalue weighted by Gasteiger charge is 2.14. The van der Waals surface area contributed by atoms with Crippen LogP contribution < -0.4 is 5.32 Å². The summed E-state index contributed by atoms with van der Waals surface area (Å²) in [5.41, 5.74) is 1.08. The zero-order valence-corrected chi connectivity index (χ0v) is 12.2. The highest BCUT2D eigenvalue weighted by atomic mass is 32.2. The summed E-state index contributed by atoms with van der Waals surface area (Å²) in [6.45, 7) is 6.71. The van der Waals surface area contributed by atoms with Gasteiger partial charge >= 0.3 is 0 Å². The van der Waals surface area contributed by atoms with Gasteiger partial charge in [0.1, 0.15) is 0 Å². The molecule has 6 heteroatoms. The van der Waals surface area contributed by atoms with Crippen LogP contribution in [0.25, 0.3) is 0 Å². The molecule has 0 saturated heterocycles. The summed E-state index contributed by atoms with van der Waals surface area (Å²) in [4.78, 5) is 4.35. The predicted octanol–water partition coefficient (Wildman–Crippen LogP) is 1.41. The number of nitrogens with zero attached hydrogens (tertiary/aromatic N) is 1. The summed E-state index contributed by atoms with van der Waals surface area (Å²) in [5, 5.41) is 5.97. The molecule has 1 rings (SSSR count). The number of hydrogen-bond donors (Lipinski definition) is 1. The molecule has 0 aliphatic heterocycles. The molecule has 98 valence electrons. The number of rotatable bonds is 7. The second-order valence-electron chi connectivity index (χ2n) is 4.27. The summed E-state index contributed by atoms with van der Waals surface area (Å²) in [6.07, 6.45) is 0.853. The molecule has 1 heterocycles. The first-order valence-electron chi connectivity index (χ1n) is 5.75. The van der Waals surface area contributed by atoms with Gasteiger partial charge in [0.2, 0.25) is 0 Å². The SMILES string of the molecule is Cc1nc(CCNCCS(=O)(=O)C(C)C)cs1. The number of aryl methyl sites for hydroxylation is 1. The normalized spacial score (nSPS) is 12.2. The van der Waals surface area contributed by atoms with Crippen LogP contribution in [0.15, 0.2) is 5.38 Å². The lowest BCUT2D eigenvalue weighted by Crippen LogP contribution is -2.28. The molecule has 1 aromatic rings. The molecule has 0 radical (unpaired) electrons. The lowest BCUT2D eigenvalue weighted by Gasteiger charge is -2.08. The first kappa shape index (κ1) is 14.6. The monoisotopic (exact) mass is 276 g/mol. The van der Waals surface area contributed by atoms with Gasteiger partial charge in [-0.25, -0.2) is 13.4 Å². The van der Waals surface area contributed by atoms with Crippen molar-refractivity contribution in [3.8, 4) is 0 Å². The van der Waals surface area contributed by atoms with Crippen LogP contribution in [0.4, 0.5) is 0 Å². The van der Waals surface area contributed by atoms with Gasteiger partial charge in [0.05, 0.1) is 21.7 Å².